The van der Waals surface area contributed by atoms with Gasteiger partial charge in [-0.3, -0.25) is 0 Å². The Morgan fingerprint density at radius 2 is 2.00 bits per heavy atom. The van der Waals surface area contributed by atoms with Crippen molar-refractivity contribution in [2.24, 2.45) is 0 Å². The number of imidazole rings is 1. The number of hydrogen-bond acceptors (Lipinski definition) is 2. The van der Waals surface area contributed by atoms with Crippen molar-refractivity contribution in [1.29, 1.82) is 0 Å². The zero-order valence-corrected chi connectivity index (χ0v) is 11.1. The zero-order valence-electron chi connectivity index (χ0n) is 11.1. The zero-order chi connectivity index (χ0) is 12.8. The number of aliphatic hydroxyl groups excluding tert-OH is 1. The molecule has 1 heterocycles. The highest BCUT2D eigenvalue weighted by atomic mass is 16.2. The van der Waals surface area contributed by atoms with Crippen LogP contribution in [0.25, 0.3) is 11.0 Å². The Labute approximate surface area is 108 Å². The van der Waals surface area contributed by atoms with Gasteiger partial charge in [-0.1, -0.05) is 25.5 Å². The van der Waals surface area contributed by atoms with E-state index in [-0.39, 0.29) is 0 Å². The van der Waals surface area contributed by atoms with E-state index in [1.807, 2.05) is 6.07 Å². The van der Waals surface area contributed by atoms with Gasteiger partial charge in [0.25, 0.3) is 0 Å². The molecule has 0 bridgehead atoms. The maximum atomic E-state index is 8.80. The SMILES string of the molecule is CCCn1c(CCCCCO)nc2ccccc21. The van der Waals surface area contributed by atoms with E-state index in [4.69, 9.17) is 10.1 Å². The standard InChI is InChI=1S/C15H22N2O/c1-2-11-17-14-9-6-5-8-13(14)16-15(17)10-4-3-7-12-18/h5-6,8-9,18H,2-4,7,10-12H2,1H3. The summed E-state index contributed by atoms with van der Waals surface area (Å²) in [6, 6.07) is 8.35. The van der Waals surface area contributed by atoms with Gasteiger partial charge in [0.05, 0.1) is 11.0 Å². The maximum Gasteiger partial charge on any atom is 0.109 e. The molecule has 0 aliphatic heterocycles. The smallest absolute Gasteiger partial charge is 0.109 e. The third-order valence-corrected chi connectivity index (χ3v) is 3.24. The van der Waals surface area contributed by atoms with E-state index in [2.05, 4.69) is 29.7 Å². The molecule has 0 radical (unpaired) electrons. The third-order valence-electron chi connectivity index (χ3n) is 3.24. The molecule has 0 amide bonds. The Morgan fingerprint density at radius 1 is 1.17 bits per heavy atom. The summed E-state index contributed by atoms with van der Waals surface area (Å²) in [5.74, 6) is 1.19. The predicted molar refractivity (Wildman–Crippen MR) is 74.7 cm³/mol. The number of fused-ring (bicyclic) bond motifs is 1. The fourth-order valence-corrected chi connectivity index (χ4v) is 2.36. The number of para-hydroxylation sites is 2. The van der Waals surface area contributed by atoms with Gasteiger partial charge in [-0.2, -0.15) is 0 Å². The van der Waals surface area contributed by atoms with Crippen LogP contribution in [0.3, 0.4) is 0 Å². The fraction of sp³-hybridized carbons (Fsp3) is 0.533. The van der Waals surface area contributed by atoms with Crippen molar-refractivity contribution < 1.29 is 5.11 Å². The Morgan fingerprint density at radius 3 is 2.78 bits per heavy atom. The first kappa shape index (κ1) is 13.1. The quantitative estimate of drug-likeness (QED) is 0.762. The van der Waals surface area contributed by atoms with Crippen molar-refractivity contribution in [2.75, 3.05) is 6.61 Å². The lowest BCUT2D eigenvalue weighted by Crippen LogP contribution is -2.03. The van der Waals surface area contributed by atoms with Crippen LogP contribution in [0.5, 0.6) is 0 Å². The average molecular weight is 246 g/mol. The Kier molecular flexibility index (Phi) is 4.76. The lowest BCUT2D eigenvalue weighted by molar-refractivity contribution is 0.283. The summed E-state index contributed by atoms with van der Waals surface area (Å²) >= 11 is 0. The van der Waals surface area contributed by atoms with Crippen molar-refractivity contribution in [3.63, 3.8) is 0 Å². The summed E-state index contributed by atoms with van der Waals surface area (Å²) in [5, 5.41) is 8.80. The molecule has 3 heteroatoms. The Balaban J connectivity index is 2.17. The molecule has 0 unspecified atom stereocenters. The van der Waals surface area contributed by atoms with Crippen LogP contribution in [0.1, 0.15) is 38.4 Å². The van der Waals surface area contributed by atoms with Gasteiger partial charge in [0.1, 0.15) is 5.82 Å². The molecule has 0 aliphatic rings. The van der Waals surface area contributed by atoms with Crippen LogP contribution in [0.4, 0.5) is 0 Å². The molecule has 0 spiro atoms. The van der Waals surface area contributed by atoms with E-state index in [1.54, 1.807) is 0 Å². The van der Waals surface area contributed by atoms with Crippen LogP contribution < -0.4 is 0 Å². The number of rotatable bonds is 7. The van der Waals surface area contributed by atoms with Gasteiger partial charge in [0.2, 0.25) is 0 Å². The van der Waals surface area contributed by atoms with Crippen molar-refractivity contribution in [2.45, 2.75) is 45.6 Å². The van der Waals surface area contributed by atoms with Crippen molar-refractivity contribution >= 4 is 11.0 Å². The van der Waals surface area contributed by atoms with E-state index < -0.39 is 0 Å². The minimum Gasteiger partial charge on any atom is -0.396 e. The highest BCUT2D eigenvalue weighted by molar-refractivity contribution is 5.75. The summed E-state index contributed by atoms with van der Waals surface area (Å²) in [4.78, 5) is 4.73. The molecule has 0 aliphatic carbocycles. The summed E-state index contributed by atoms with van der Waals surface area (Å²) in [5.41, 5.74) is 2.35. The lowest BCUT2D eigenvalue weighted by Gasteiger charge is -2.07. The summed E-state index contributed by atoms with van der Waals surface area (Å²) in [7, 11) is 0. The molecule has 2 rings (SSSR count). The molecular weight excluding hydrogens is 224 g/mol. The molecule has 1 aromatic carbocycles. The van der Waals surface area contributed by atoms with Crippen molar-refractivity contribution in [3.05, 3.63) is 30.1 Å². The molecule has 1 N–H and O–H groups in total. The Bertz CT molecular complexity index is 490. The van der Waals surface area contributed by atoms with Crippen molar-refractivity contribution in [1.82, 2.24) is 9.55 Å². The van der Waals surface area contributed by atoms with Gasteiger partial charge in [-0.05, 0) is 31.4 Å². The first-order chi connectivity index (χ1) is 8.86. The average Bonchev–Trinajstić information content (AvgIpc) is 2.74. The molecule has 3 nitrogen and oxygen atoms in total. The minimum absolute atomic E-state index is 0.297. The number of aromatic nitrogens is 2. The molecule has 98 valence electrons. The summed E-state index contributed by atoms with van der Waals surface area (Å²) in [6.07, 6.45) is 5.21. The van der Waals surface area contributed by atoms with Gasteiger partial charge < -0.3 is 9.67 Å². The van der Waals surface area contributed by atoms with Crippen molar-refractivity contribution in [3.8, 4) is 0 Å². The second-order valence-electron chi connectivity index (χ2n) is 4.70. The monoisotopic (exact) mass is 246 g/mol. The van der Waals surface area contributed by atoms with Gasteiger partial charge in [0, 0.05) is 19.6 Å². The second kappa shape index (κ2) is 6.55. The van der Waals surface area contributed by atoms with E-state index >= 15 is 0 Å². The molecule has 2 aromatic rings. The van der Waals surface area contributed by atoms with Crippen LogP contribution in [0, 0.1) is 0 Å². The van der Waals surface area contributed by atoms with E-state index in [0.29, 0.717) is 6.61 Å². The summed E-state index contributed by atoms with van der Waals surface area (Å²) < 4.78 is 2.34. The molecule has 0 saturated heterocycles. The molecule has 0 fully saturated rings. The van der Waals surface area contributed by atoms with Crippen LogP contribution in [-0.2, 0) is 13.0 Å². The minimum atomic E-state index is 0.297. The number of benzene rings is 1. The Hall–Kier alpha value is -1.35. The predicted octanol–water partition coefficient (Wildman–Crippen LogP) is 3.15. The topological polar surface area (TPSA) is 38.0 Å². The molecular formula is C15H22N2O. The third kappa shape index (κ3) is 2.91. The largest absolute Gasteiger partial charge is 0.396 e. The van der Waals surface area contributed by atoms with Gasteiger partial charge in [0.15, 0.2) is 0 Å². The van der Waals surface area contributed by atoms with Gasteiger partial charge >= 0.3 is 0 Å². The molecule has 0 saturated carbocycles. The van der Waals surface area contributed by atoms with Crippen LogP contribution in [-0.4, -0.2) is 21.3 Å². The van der Waals surface area contributed by atoms with Crippen LogP contribution >= 0.6 is 0 Å². The van der Waals surface area contributed by atoms with Crippen LogP contribution in [0.15, 0.2) is 24.3 Å². The second-order valence-corrected chi connectivity index (χ2v) is 4.70. The molecule has 1 aromatic heterocycles. The molecule has 0 atom stereocenters. The van der Waals surface area contributed by atoms with E-state index in [9.17, 15) is 0 Å². The highest BCUT2D eigenvalue weighted by Gasteiger charge is 2.08. The first-order valence-corrected chi connectivity index (χ1v) is 6.91. The normalized spacial score (nSPS) is 11.2. The first-order valence-electron chi connectivity index (χ1n) is 6.91. The van der Waals surface area contributed by atoms with E-state index in [0.717, 1.165) is 44.2 Å². The maximum absolute atomic E-state index is 8.80. The number of unbranched alkanes of at least 4 members (excludes halogenated alkanes) is 2. The van der Waals surface area contributed by atoms with Gasteiger partial charge in [-0.25, -0.2) is 4.98 Å². The number of aryl methyl sites for hydroxylation is 2. The lowest BCUT2D eigenvalue weighted by atomic mass is 10.2. The van der Waals surface area contributed by atoms with Crippen LogP contribution in [0.2, 0.25) is 0 Å². The van der Waals surface area contributed by atoms with Gasteiger partial charge in [-0.15, -0.1) is 0 Å². The number of nitrogens with zero attached hydrogens (tertiary/aromatic N) is 2. The number of hydrogen-bond donors (Lipinski definition) is 1. The highest BCUT2D eigenvalue weighted by Crippen LogP contribution is 2.18. The van der Waals surface area contributed by atoms with E-state index in [1.165, 1.54) is 11.3 Å². The molecule has 18 heavy (non-hydrogen) atoms. The summed E-state index contributed by atoms with van der Waals surface area (Å²) in [6.45, 7) is 3.53. The number of aliphatic hydroxyl groups is 1. The fourth-order valence-electron chi connectivity index (χ4n) is 2.36.